The van der Waals surface area contributed by atoms with Crippen LogP contribution < -0.4 is 10.1 Å². The van der Waals surface area contributed by atoms with E-state index < -0.39 is 0 Å². The number of likely N-dealkylation sites (tertiary alicyclic amines) is 1. The van der Waals surface area contributed by atoms with E-state index in [1.54, 1.807) is 7.11 Å². The maximum absolute atomic E-state index is 11.9. The van der Waals surface area contributed by atoms with Crippen molar-refractivity contribution < 1.29 is 9.53 Å². The van der Waals surface area contributed by atoms with Gasteiger partial charge in [-0.1, -0.05) is 19.1 Å². The summed E-state index contributed by atoms with van der Waals surface area (Å²) in [7, 11) is 1.67. The van der Waals surface area contributed by atoms with Crippen LogP contribution in [0.15, 0.2) is 24.3 Å². The summed E-state index contributed by atoms with van der Waals surface area (Å²) in [5, 5.41) is 3.01. The van der Waals surface area contributed by atoms with Crippen LogP contribution in [0.2, 0.25) is 0 Å². The Morgan fingerprint density at radius 1 is 1.45 bits per heavy atom. The van der Waals surface area contributed by atoms with Crippen LogP contribution in [0.3, 0.4) is 0 Å². The molecule has 1 aliphatic heterocycles. The van der Waals surface area contributed by atoms with Crippen molar-refractivity contribution in [1.29, 1.82) is 0 Å². The molecule has 1 aromatic carbocycles. The number of methoxy groups -OCH3 is 1. The first-order chi connectivity index (χ1) is 10.7. The molecule has 0 aliphatic carbocycles. The second-order valence-electron chi connectivity index (χ2n) is 6.25. The highest BCUT2D eigenvalue weighted by atomic mass is 16.5. The van der Waals surface area contributed by atoms with Crippen LogP contribution in [0.5, 0.6) is 5.75 Å². The molecule has 1 N–H and O–H groups in total. The van der Waals surface area contributed by atoms with E-state index in [-0.39, 0.29) is 5.91 Å². The van der Waals surface area contributed by atoms with Crippen molar-refractivity contribution in [2.24, 2.45) is 5.92 Å². The molecule has 4 nitrogen and oxygen atoms in total. The molecule has 1 aromatic rings. The zero-order valence-electron chi connectivity index (χ0n) is 13.8. The lowest BCUT2D eigenvalue weighted by molar-refractivity contribution is -0.121. The number of piperidine rings is 1. The van der Waals surface area contributed by atoms with Gasteiger partial charge in [0.1, 0.15) is 5.75 Å². The summed E-state index contributed by atoms with van der Waals surface area (Å²) < 4.78 is 5.20. The van der Waals surface area contributed by atoms with Crippen molar-refractivity contribution in [3.63, 3.8) is 0 Å². The largest absolute Gasteiger partial charge is 0.497 e. The predicted molar refractivity (Wildman–Crippen MR) is 89.2 cm³/mol. The summed E-state index contributed by atoms with van der Waals surface area (Å²) in [6.45, 7) is 6.14. The highest BCUT2D eigenvalue weighted by molar-refractivity contribution is 5.76. The Hall–Kier alpha value is -1.55. The summed E-state index contributed by atoms with van der Waals surface area (Å²) in [6, 6.07) is 7.99. The number of ether oxygens (including phenoxy) is 1. The van der Waals surface area contributed by atoms with E-state index in [0.717, 1.165) is 37.7 Å². The molecule has 22 heavy (non-hydrogen) atoms. The van der Waals surface area contributed by atoms with Gasteiger partial charge in [-0.15, -0.1) is 0 Å². The summed E-state index contributed by atoms with van der Waals surface area (Å²) in [5.74, 6) is 1.79. The van der Waals surface area contributed by atoms with Gasteiger partial charge in [0.25, 0.3) is 0 Å². The number of rotatable bonds is 7. The lowest BCUT2D eigenvalue weighted by Gasteiger charge is -2.30. The molecule has 0 aromatic heterocycles. The number of carbonyl (C=O) groups excluding carboxylic acids is 1. The quantitative estimate of drug-likeness (QED) is 0.841. The Balaban J connectivity index is 1.63. The van der Waals surface area contributed by atoms with Gasteiger partial charge < -0.3 is 15.0 Å². The van der Waals surface area contributed by atoms with E-state index in [4.69, 9.17) is 4.74 Å². The molecule has 1 unspecified atom stereocenters. The monoisotopic (exact) mass is 304 g/mol. The topological polar surface area (TPSA) is 41.6 Å². The molecule has 1 amide bonds. The first-order valence-electron chi connectivity index (χ1n) is 8.29. The summed E-state index contributed by atoms with van der Waals surface area (Å²) in [6.07, 6.45) is 4.02. The van der Waals surface area contributed by atoms with Crippen molar-refractivity contribution in [2.45, 2.75) is 32.6 Å². The molecule has 1 aliphatic rings. The first-order valence-corrected chi connectivity index (χ1v) is 8.29. The third kappa shape index (κ3) is 5.68. The second kappa shape index (κ2) is 8.79. The number of amides is 1. The van der Waals surface area contributed by atoms with Gasteiger partial charge in [-0.3, -0.25) is 4.79 Å². The Morgan fingerprint density at radius 3 is 3.09 bits per heavy atom. The normalized spacial score (nSPS) is 18.9. The maximum atomic E-state index is 11.9. The number of benzene rings is 1. The molecular formula is C18H28N2O2. The Bertz CT molecular complexity index is 476. The van der Waals surface area contributed by atoms with E-state index >= 15 is 0 Å². The molecule has 4 heteroatoms. The highest BCUT2D eigenvalue weighted by Gasteiger charge is 2.16. The van der Waals surface area contributed by atoms with Gasteiger partial charge in [-0.05, 0) is 49.4 Å². The standard InChI is InChI=1S/C18H28N2O2/c1-15-5-4-11-20(14-15)12-9-18(21)19-10-8-16-6-3-7-17(13-16)22-2/h3,6-7,13,15H,4-5,8-12,14H2,1-2H3,(H,19,21). The number of nitrogens with zero attached hydrogens (tertiary/aromatic N) is 1. The fourth-order valence-electron chi connectivity index (χ4n) is 3.01. The molecule has 1 fully saturated rings. The summed E-state index contributed by atoms with van der Waals surface area (Å²) >= 11 is 0. The average molecular weight is 304 g/mol. The summed E-state index contributed by atoms with van der Waals surface area (Å²) in [4.78, 5) is 14.3. The average Bonchev–Trinajstić information content (AvgIpc) is 2.53. The van der Waals surface area contributed by atoms with Crippen LogP contribution in [0, 0.1) is 5.92 Å². The molecule has 1 heterocycles. The Kier molecular flexibility index (Phi) is 6.72. The van der Waals surface area contributed by atoms with E-state index in [1.165, 1.54) is 18.4 Å². The van der Waals surface area contributed by atoms with Crippen molar-refractivity contribution in [3.05, 3.63) is 29.8 Å². The molecule has 0 radical (unpaired) electrons. The minimum atomic E-state index is 0.154. The fourth-order valence-corrected chi connectivity index (χ4v) is 3.01. The van der Waals surface area contributed by atoms with Crippen LogP contribution in [0.25, 0.3) is 0 Å². The van der Waals surface area contributed by atoms with E-state index in [2.05, 4.69) is 23.2 Å². The van der Waals surface area contributed by atoms with E-state index in [0.29, 0.717) is 13.0 Å². The molecular weight excluding hydrogens is 276 g/mol. The number of carbonyl (C=O) groups is 1. The first kappa shape index (κ1) is 16.8. The number of nitrogens with one attached hydrogen (secondary N) is 1. The minimum absolute atomic E-state index is 0.154. The smallest absolute Gasteiger partial charge is 0.221 e. The summed E-state index contributed by atoms with van der Waals surface area (Å²) in [5.41, 5.74) is 1.18. The van der Waals surface area contributed by atoms with Gasteiger partial charge in [0.2, 0.25) is 5.91 Å². The van der Waals surface area contributed by atoms with Crippen LogP contribution in [-0.4, -0.2) is 44.1 Å². The second-order valence-corrected chi connectivity index (χ2v) is 6.25. The van der Waals surface area contributed by atoms with Crippen LogP contribution >= 0.6 is 0 Å². The Labute approximate surface area is 133 Å². The van der Waals surface area contributed by atoms with Crippen LogP contribution in [0.4, 0.5) is 0 Å². The van der Waals surface area contributed by atoms with Gasteiger partial charge in [0, 0.05) is 26.1 Å². The zero-order chi connectivity index (χ0) is 15.8. The number of hydrogen-bond acceptors (Lipinski definition) is 3. The lowest BCUT2D eigenvalue weighted by Crippen LogP contribution is -2.37. The van der Waals surface area contributed by atoms with Crippen molar-refractivity contribution in [3.8, 4) is 5.75 Å². The van der Waals surface area contributed by atoms with E-state index in [9.17, 15) is 4.79 Å². The van der Waals surface area contributed by atoms with Crippen molar-refractivity contribution in [1.82, 2.24) is 10.2 Å². The van der Waals surface area contributed by atoms with Crippen LogP contribution in [0.1, 0.15) is 31.7 Å². The molecule has 122 valence electrons. The van der Waals surface area contributed by atoms with Gasteiger partial charge in [0.05, 0.1) is 7.11 Å². The fraction of sp³-hybridized carbons (Fsp3) is 0.611. The molecule has 1 atom stereocenters. The molecule has 0 spiro atoms. The predicted octanol–water partition coefficient (Wildman–Crippen LogP) is 2.48. The molecule has 0 bridgehead atoms. The van der Waals surface area contributed by atoms with Crippen molar-refractivity contribution >= 4 is 5.91 Å². The van der Waals surface area contributed by atoms with Gasteiger partial charge in [0.15, 0.2) is 0 Å². The maximum Gasteiger partial charge on any atom is 0.221 e. The van der Waals surface area contributed by atoms with Gasteiger partial charge in [-0.25, -0.2) is 0 Å². The van der Waals surface area contributed by atoms with Gasteiger partial charge in [-0.2, -0.15) is 0 Å². The molecule has 1 saturated heterocycles. The van der Waals surface area contributed by atoms with Gasteiger partial charge >= 0.3 is 0 Å². The van der Waals surface area contributed by atoms with Crippen LogP contribution in [-0.2, 0) is 11.2 Å². The molecule has 2 rings (SSSR count). The lowest BCUT2D eigenvalue weighted by atomic mass is 10.0. The van der Waals surface area contributed by atoms with Crippen molar-refractivity contribution in [2.75, 3.05) is 33.3 Å². The third-order valence-corrected chi connectivity index (χ3v) is 4.27. The zero-order valence-corrected chi connectivity index (χ0v) is 13.8. The highest BCUT2D eigenvalue weighted by Crippen LogP contribution is 2.15. The number of hydrogen-bond donors (Lipinski definition) is 1. The SMILES string of the molecule is COc1cccc(CCNC(=O)CCN2CCCC(C)C2)c1. The minimum Gasteiger partial charge on any atom is -0.497 e. The Morgan fingerprint density at radius 2 is 2.32 bits per heavy atom. The van der Waals surface area contributed by atoms with E-state index in [1.807, 2.05) is 18.2 Å². The third-order valence-electron chi connectivity index (χ3n) is 4.27. The molecule has 0 saturated carbocycles.